The van der Waals surface area contributed by atoms with Crippen LogP contribution in [0.3, 0.4) is 0 Å². The second kappa shape index (κ2) is 7.86. The van der Waals surface area contributed by atoms with Crippen LogP contribution < -0.4 is 15.8 Å². The summed E-state index contributed by atoms with van der Waals surface area (Å²) in [4.78, 5) is 34.5. The van der Waals surface area contributed by atoms with Gasteiger partial charge in [-0.15, -0.1) is 11.3 Å². The molecule has 3 aromatic rings. The number of anilines is 2. The van der Waals surface area contributed by atoms with E-state index in [0.29, 0.717) is 57.4 Å². The number of nitrogens with one attached hydrogen (secondary N) is 1. The lowest BCUT2D eigenvalue weighted by molar-refractivity contribution is -0.128. The van der Waals surface area contributed by atoms with Gasteiger partial charge in [0.15, 0.2) is 0 Å². The number of rotatable bonds is 5. The topological polar surface area (TPSA) is 110 Å². The number of carbonyl (C=O) groups is 2. The Morgan fingerprint density at radius 1 is 1.37 bits per heavy atom. The monoisotopic (exact) mass is 429 g/mol. The number of primary amides is 1. The molecule has 0 radical (unpaired) electrons. The van der Waals surface area contributed by atoms with Gasteiger partial charge in [0, 0.05) is 26.0 Å². The number of amides is 2. The van der Waals surface area contributed by atoms with Crippen molar-refractivity contribution in [1.82, 2.24) is 14.9 Å². The van der Waals surface area contributed by atoms with Crippen LogP contribution in [0.25, 0.3) is 10.2 Å². The summed E-state index contributed by atoms with van der Waals surface area (Å²) in [7, 11) is 0. The largest absolute Gasteiger partial charge is 0.486 e. The number of nitrogens with zero attached hydrogens (tertiary/aromatic N) is 3. The smallest absolute Gasteiger partial charge is 0.259 e. The van der Waals surface area contributed by atoms with E-state index < -0.39 is 11.7 Å². The zero-order valence-electron chi connectivity index (χ0n) is 16.4. The van der Waals surface area contributed by atoms with Crippen molar-refractivity contribution in [3.05, 3.63) is 40.8 Å². The molecule has 1 aliphatic heterocycles. The number of halogens is 1. The van der Waals surface area contributed by atoms with Crippen LogP contribution in [0.5, 0.6) is 5.75 Å². The Morgan fingerprint density at radius 2 is 2.17 bits per heavy atom. The number of aromatic nitrogens is 2. The minimum absolute atomic E-state index is 0.0137. The van der Waals surface area contributed by atoms with Crippen molar-refractivity contribution >= 4 is 44.9 Å². The Morgan fingerprint density at radius 3 is 2.87 bits per heavy atom. The van der Waals surface area contributed by atoms with E-state index in [1.807, 2.05) is 0 Å². The fraction of sp³-hybridized carbons (Fsp3) is 0.300. The molecule has 1 saturated heterocycles. The number of fused-ring (bicyclic) bond motifs is 1. The highest BCUT2D eigenvalue weighted by atomic mass is 32.1. The summed E-state index contributed by atoms with van der Waals surface area (Å²) in [5.41, 5.74) is 6.66. The number of thiophene rings is 1. The number of carbonyl (C=O) groups excluding carboxylic acids is 2. The molecule has 2 aromatic heterocycles. The molecule has 1 atom stereocenters. The third-order valence-electron chi connectivity index (χ3n) is 5.03. The minimum atomic E-state index is -0.525. The van der Waals surface area contributed by atoms with Crippen LogP contribution in [0, 0.1) is 12.7 Å². The number of ether oxygens (including phenoxy) is 1. The molecule has 30 heavy (non-hydrogen) atoms. The van der Waals surface area contributed by atoms with E-state index in [-0.39, 0.29) is 12.0 Å². The molecule has 0 spiro atoms. The van der Waals surface area contributed by atoms with E-state index >= 15 is 0 Å². The van der Waals surface area contributed by atoms with Crippen molar-refractivity contribution in [3.63, 3.8) is 0 Å². The number of benzene rings is 1. The molecule has 0 unspecified atom stereocenters. The zero-order chi connectivity index (χ0) is 21.4. The lowest BCUT2D eigenvalue weighted by atomic mass is 10.2. The second-order valence-electron chi connectivity index (χ2n) is 7.08. The molecule has 0 bridgehead atoms. The van der Waals surface area contributed by atoms with Crippen LogP contribution >= 0.6 is 11.3 Å². The van der Waals surface area contributed by atoms with Crippen LogP contribution in [0.15, 0.2) is 24.5 Å². The predicted molar refractivity (Wildman–Crippen MR) is 112 cm³/mol. The highest BCUT2D eigenvalue weighted by Crippen LogP contribution is 2.36. The summed E-state index contributed by atoms with van der Waals surface area (Å²) < 4.78 is 19.9. The summed E-state index contributed by atoms with van der Waals surface area (Å²) in [6, 6.07) is 4.18. The van der Waals surface area contributed by atoms with Crippen LogP contribution in [-0.2, 0) is 4.79 Å². The zero-order valence-corrected chi connectivity index (χ0v) is 17.3. The van der Waals surface area contributed by atoms with Gasteiger partial charge in [0.1, 0.15) is 34.6 Å². The summed E-state index contributed by atoms with van der Waals surface area (Å²) in [6.07, 6.45) is 1.82. The maximum Gasteiger partial charge on any atom is 0.259 e. The Kier molecular flexibility index (Phi) is 5.25. The summed E-state index contributed by atoms with van der Waals surface area (Å²) >= 11 is 1.20. The van der Waals surface area contributed by atoms with Gasteiger partial charge in [0.2, 0.25) is 5.91 Å². The lowest BCUT2D eigenvalue weighted by Crippen LogP contribution is -2.28. The summed E-state index contributed by atoms with van der Waals surface area (Å²) in [6.45, 7) is 4.36. The van der Waals surface area contributed by atoms with E-state index in [2.05, 4.69) is 15.3 Å². The standard InChI is InChI=1S/C20H20FN5O3S/c1-10-16-19(23-9-24-20(16)30-17(10)18(22)28)25-14-4-3-12(21)7-15(14)29-13-5-6-26(8-13)11(2)27/h3-4,7,9,13H,5-6,8H2,1-2H3,(H2,22,28)(H,23,24,25)/t13-/m1/s1. The van der Waals surface area contributed by atoms with E-state index in [9.17, 15) is 14.0 Å². The number of hydrogen-bond acceptors (Lipinski definition) is 7. The maximum absolute atomic E-state index is 13.9. The number of hydrogen-bond donors (Lipinski definition) is 2. The maximum atomic E-state index is 13.9. The SMILES string of the molecule is CC(=O)N1CC[C@@H](Oc2cc(F)ccc2Nc2ncnc3sc(C(N)=O)c(C)c23)C1. The van der Waals surface area contributed by atoms with Gasteiger partial charge in [-0.1, -0.05) is 0 Å². The first-order valence-electron chi connectivity index (χ1n) is 9.36. The molecule has 156 valence electrons. The van der Waals surface area contributed by atoms with Crippen molar-refractivity contribution in [1.29, 1.82) is 0 Å². The molecule has 0 aliphatic carbocycles. The molecule has 1 fully saturated rings. The van der Waals surface area contributed by atoms with Gasteiger partial charge in [0.25, 0.3) is 5.91 Å². The third kappa shape index (κ3) is 3.78. The van der Waals surface area contributed by atoms with E-state index in [0.717, 1.165) is 0 Å². The van der Waals surface area contributed by atoms with Crippen LogP contribution in [0.1, 0.15) is 28.6 Å². The first kappa shape index (κ1) is 20.0. The second-order valence-corrected chi connectivity index (χ2v) is 8.08. The Balaban J connectivity index is 1.66. The van der Waals surface area contributed by atoms with Gasteiger partial charge in [-0.05, 0) is 24.6 Å². The number of likely N-dealkylation sites (tertiary alicyclic amines) is 1. The fourth-order valence-corrected chi connectivity index (χ4v) is 4.52. The molecule has 0 saturated carbocycles. The minimum Gasteiger partial charge on any atom is -0.486 e. The molecule has 3 heterocycles. The molecule has 10 heteroatoms. The fourth-order valence-electron chi connectivity index (χ4n) is 3.52. The molecule has 3 N–H and O–H groups in total. The van der Waals surface area contributed by atoms with E-state index in [4.69, 9.17) is 10.5 Å². The number of aryl methyl sites for hydroxylation is 1. The highest BCUT2D eigenvalue weighted by molar-refractivity contribution is 7.20. The molecular formula is C20H20FN5O3S. The molecule has 1 aromatic carbocycles. The normalized spacial score (nSPS) is 16.1. The first-order chi connectivity index (χ1) is 14.3. The van der Waals surface area contributed by atoms with Crippen LogP contribution in [-0.4, -0.2) is 45.9 Å². The van der Waals surface area contributed by atoms with Crippen LogP contribution in [0.2, 0.25) is 0 Å². The Bertz CT molecular complexity index is 1150. The van der Waals surface area contributed by atoms with Gasteiger partial charge < -0.3 is 20.7 Å². The van der Waals surface area contributed by atoms with Gasteiger partial charge >= 0.3 is 0 Å². The molecule has 8 nitrogen and oxygen atoms in total. The Hall–Kier alpha value is -3.27. The van der Waals surface area contributed by atoms with Crippen LogP contribution in [0.4, 0.5) is 15.9 Å². The van der Waals surface area contributed by atoms with Crippen molar-refractivity contribution in [2.75, 3.05) is 18.4 Å². The predicted octanol–water partition coefficient (Wildman–Crippen LogP) is 2.98. The molecular weight excluding hydrogens is 409 g/mol. The summed E-state index contributed by atoms with van der Waals surface area (Å²) in [5.74, 6) is -0.189. The Labute approximate surface area is 175 Å². The van der Waals surface area contributed by atoms with Crippen molar-refractivity contribution in [3.8, 4) is 5.75 Å². The van der Waals surface area contributed by atoms with Crippen molar-refractivity contribution < 1.29 is 18.7 Å². The first-order valence-corrected chi connectivity index (χ1v) is 10.2. The van der Waals surface area contributed by atoms with Crippen molar-refractivity contribution in [2.45, 2.75) is 26.4 Å². The molecule has 4 rings (SSSR count). The summed E-state index contributed by atoms with van der Waals surface area (Å²) in [5, 5.41) is 3.85. The average molecular weight is 429 g/mol. The van der Waals surface area contributed by atoms with Gasteiger partial charge in [-0.3, -0.25) is 9.59 Å². The highest BCUT2D eigenvalue weighted by Gasteiger charge is 2.26. The van der Waals surface area contributed by atoms with Crippen molar-refractivity contribution in [2.24, 2.45) is 5.73 Å². The lowest BCUT2D eigenvalue weighted by Gasteiger charge is -2.18. The van der Waals surface area contributed by atoms with Gasteiger partial charge in [0.05, 0.1) is 22.5 Å². The quantitative estimate of drug-likeness (QED) is 0.645. The molecule has 2 amide bonds. The van der Waals surface area contributed by atoms with Gasteiger partial charge in [-0.25, -0.2) is 14.4 Å². The third-order valence-corrected chi connectivity index (χ3v) is 6.25. The van der Waals surface area contributed by atoms with Gasteiger partial charge in [-0.2, -0.15) is 0 Å². The molecule has 1 aliphatic rings. The van der Waals surface area contributed by atoms with E-state index in [1.54, 1.807) is 17.9 Å². The number of nitrogens with two attached hydrogens (primary N) is 1. The van der Waals surface area contributed by atoms with E-state index in [1.165, 1.54) is 36.7 Å². The average Bonchev–Trinajstić information content (AvgIpc) is 3.29.